The zero-order chi connectivity index (χ0) is 12.5. The molecule has 10 heteroatoms. The molecule has 0 aromatic rings. The van der Waals surface area contributed by atoms with Crippen molar-refractivity contribution in [1.82, 2.24) is 0 Å². The third kappa shape index (κ3) is 3.45. The van der Waals surface area contributed by atoms with Crippen LogP contribution < -0.4 is 11.5 Å². The summed E-state index contributed by atoms with van der Waals surface area (Å²) in [4.78, 5) is 16.9. The Morgan fingerprint density at radius 3 is 2.31 bits per heavy atom. The number of rotatable bonds is 3. The monoisotopic (exact) mass is 258 g/mol. The molecule has 0 spiro atoms. The van der Waals surface area contributed by atoms with Gasteiger partial charge in [-0.3, -0.25) is 4.52 Å². The first-order valence-electron chi connectivity index (χ1n) is 4.45. The Balaban J connectivity index is 2.57. The summed E-state index contributed by atoms with van der Waals surface area (Å²) in [6.45, 7) is -0.525. The molecule has 0 unspecified atom stereocenters. The average Bonchev–Trinajstić information content (AvgIpc) is 2.17. The fraction of sp³-hybridized carbons (Fsp3) is 1.00. The molecule has 0 aromatic heterocycles. The Kier molecular flexibility index (Phi) is 4.41. The van der Waals surface area contributed by atoms with Gasteiger partial charge in [0.1, 0.15) is 12.2 Å². The average molecular weight is 258 g/mol. The van der Waals surface area contributed by atoms with Crippen molar-refractivity contribution >= 4 is 7.82 Å². The van der Waals surface area contributed by atoms with Crippen LogP contribution in [-0.2, 0) is 13.8 Å². The molecule has 1 saturated heterocycles. The molecule has 1 fully saturated rings. The van der Waals surface area contributed by atoms with Crippen LogP contribution in [0.25, 0.3) is 0 Å². The second-order valence-corrected chi connectivity index (χ2v) is 4.74. The van der Waals surface area contributed by atoms with Crippen LogP contribution in [0.5, 0.6) is 0 Å². The van der Waals surface area contributed by atoms with Crippen molar-refractivity contribution in [2.45, 2.75) is 30.6 Å². The Labute approximate surface area is 91.2 Å². The van der Waals surface area contributed by atoms with Crippen LogP contribution in [-0.4, -0.2) is 57.2 Å². The van der Waals surface area contributed by atoms with Crippen LogP contribution in [0.4, 0.5) is 0 Å². The number of hydrogen-bond acceptors (Lipinski definition) is 7. The number of nitrogens with two attached hydrogens (primary N) is 2. The Morgan fingerprint density at radius 1 is 1.25 bits per heavy atom. The fourth-order valence-corrected chi connectivity index (χ4v) is 1.68. The molecule has 0 bridgehead atoms. The first-order chi connectivity index (χ1) is 7.22. The lowest BCUT2D eigenvalue weighted by atomic mass is 9.95. The van der Waals surface area contributed by atoms with Crippen molar-refractivity contribution in [2.75, 3.05) is 6.61 Å². The Hall–Kier alpha value is -0.0900. The van der Waals surface area contributed by atoms with E-state index in [0.29, 0.717) is 0 Å². The molecule has 96 valence electrons. The summed E-state index contributed by atoms with van der Waals surface area (Å²) in [6, 6.07) is -1.86. The van der Waals surface area contributed by atoms with Gasteiger partial charge in [0.15, 0.2) is 6.29 Å². The minimum atomic E-state index is -4.63. The molecule has 1 aliphatic rings. The van der Waals surface area contributed by atoms with E-state index in [9.17, 15) is 14.8 Å². The van der Waals surface area contributed by atoms with Crippen molar-refractivity contribution in [1.29, 1.82) is 0 Å². The van der Waals surface area contributed by atoms with Gasteiger partial charge < -0.3 is 36.2 Å². The number of phosphoric acid groups is 1. The van der Waals surface area contributed by atoms with Gasteiger partial charge in [-0.15, -0.1) is 0 Å². The van der Waals surface area contributed by atoms with Crippen LogP contribution in [0.1, 0.15) is 0 Å². The van der Waals surface area contributed by atoms with Gasteiger partial charge in [-0.1, -0.05) is 0 Å². The van der Waals surface area contributed by atoms with E-state index in [1.807, 2.05) is 0 Å². The van der Waals surface area contributed by atoms with E-state index in [1.54, 1.807) is 0 Å². The normalized spacial score (nSPS) is 41.0. The van der Waals surface area contributed by atoms with E-state index in [1.165, 1.54) is 0 Å². The molecule has 9 nitrogen and oxygen atoms in total. The predicted molar refractivity (Wildman–Crippen MR) is 50.8 cm³/mol. The van der Waals surface area contributed by atoms with E-state index in [2.05, 4.69) is 4.52 Å². The minimum Gasteiger partial charge on any atom is -0.386 e. The topological polar surface area (TPSA) is 168 Å². The van der Waals surface area contributed by atoms with Crippen LogP contribution in [0.3, 0.4) is 0 Å². The number of ether oxygens (including phenoxy) is 1. The summed E-state index contributed by atoms with van der Waals surface area (Å²) in [7, 11) is -4.63. The lowest BCUT2D eigenvalue weighted by Gasteiger charge is -2.39. The molecule has 0 saturated carbocycles. The molecule has 8 N–H and O–H groups in total. The summed E-state index contributed by atoms with van der Waals surface area (Å²) < 4.78 is 19.4. The van der Waals surface area contributed by atoms with E-state index in [0.717, 1.165) is 0 Å². The maximum absolute atomic E-state index is 10.4. The van der Waals surface area contributed by atoms with Crippen molar-refractivity contribution in [3.8, 4) is 0 Å². The Morgan fingerprint density at radius 2 is 1.81 bits per heavy atom. The standard InChI is InChI=1S/C6H15N2O7P/c7-3-2(1-14-16(11,12)13)15-6(10)5(9)4(3)8/h2-6,9-10H,1,7-8H2,(H2,11,12,13)/t2-,3-,4+,5-,6-/m1/s1. The third-order valence-corrected chi connectivity index (χ3v) is 2.77. The van der Waals surface area contributed by atoms with Gasteiger partial charge in [0.05, 0.1) is 18.7 Å². The number of aliphatic hydroxyl groups excluding tert-OH is 2. The van der Waals surface area contributed by atoms with Crippen molar-refractivity contribution in [3.63, 3.8) is 0 Å². The summed E-state index contributed by atoms with van der Waals surface area (Å²) >= 11 is 0. The van der Waals surface area contributed by atoms with Crippen molar-refractivity contribution in [3.05, 3.63) is 0 Å². The molecule has 0 radical (unpaired) electrons. The van der Waals surface area contributed by atoms with Crippen LogP contribution in [0, 0.1) is 0 Å². The lowest BCUT2D eigenvalue weighted by molar-refractivity contribution is -0.231. The highest BCUT2D eigenvalue weighted by molar-refractivity contribution is 7.46. The van der Waals surface area contributed by atoms with Gasteiger partial charge in [0, 0.05) is 0 Å². The van der Waals surface area contributed by atoms with Crippen LogP contribution >= 0.6 is 7.82 Å². The highest BCUT2D eigenvalue weighted by atomic mass is 31.2. The second-order valence-electron chi connectivity index (χ2n) is 3.50. The lowest BCUT2D eigenvalue weighted by Crippen LogP contribution is -2.65. The number of hydrogen-bond donors (Lipinski definition) is 6. The van der Waals surface area contributed by atoms with E-state index < -0.39 is 45.0 Å². The quantitative estimate of drug-likeness (QED) is 0.286. The highest BCUT2D eigenvalue weighted by Gasteiger charge is 2.41. The van der Waals surface area contributed by atoms with Gasteiger partial charge in [0.25, 0.3) is 0 Å². The van der Waals surface area contributed by atoms with Gasteiger partial charge in [-0.25, -0.2) is 4.57 Å². The summed E-state index contributed by atoms with van der Waals surface area (Å²) in [5.41, 5.74) is 11.0. The molecular weight excluding hydrogens is 243 g/mol. The van der Waals surface area contributed by atoms with E-state index in [-0.39, 0.29) is 0 Å². The SMILES string of the molecule is N[C@H]1[C@H](N)[C@@H](COP(=O)(O)O)O[C@@H](O)[C@@H]1O. The van der Waals surface area contributed by atoms with Crippen LogP contribution in [0.15, 0.2) is 0 Å². The summed E-state index contributed by atoms with van der Waals surface area (Å²) in [5, 5.41) is 18.5. The zero-order valence-electron chi connectivity index (χ0n) is 8.21. The molecule has 1 heterocycles. The first kappa shape index (κ1) is 14.0. The van der Waals surface area contributed by atoms with E-state index >= 15 is 0 Å². The molecular formula is C6H15N2O7P. The third-order valence-electron chi connectivity index (χ3n) is 2.28. The van der Waals surface area contributed by atoms with E-state index in [4.69, 9.17) is 26.0 Å². The molecule has 0 amide bonds. The minimum absolute atomic E-state index is 0.525. The maximum atomic E-state index is 10.4. The zero-order valence-corrected chi connectivity index (χ0v) is 9.10. The highest BCUT2D eigenvalue weighted by Crippen LogP contribution is 2.36. The summed E-state index contributed by atoms with van der Waals surface area (Å²) in [6.07, 6.45) is -3.90. The molecule has 1 rings (SSSR count). The number of aliphatic hydroxyl groups is 2. The first-order valence-corrected chi connectivity index (χ1v) is 5.98. The molecule has 0 aliphatic carbocycles. The second kappa shape index (κ2) is 5.05. The van der Waals surface area contributed by atoms with Gasteiger partial charge in [-0.05, 0) is 0 Å². The maximum Gasteiger partial charge on any atom is 0.469 e. The van der Waals surface area contributed by atoms with Gasteiger partial charge >= 0.3 is 7.82 Å². The molecule has 5 atom stereocenters. The van der Waals surface area contributed by atoms with Gasteiger partial charge in [-0.2, -0.15) is 0 Å². The molecule has 0 aromatic carbocycles. The Bertz CT molecular complexity index is 284. The molecule has 16 heavy (non-hydrogen) atoms. The van der Waals surface area contributed by atoms with Crippen LogP contribution in [0.2, 0.25) is 0 Å². The molecule has 1 aliphatic heterocycles. The smallest absolute Gasteiger partial charge is 0.386 e. The number of phosphoric ester groups is 1. The van der Waals surface area contributed by atoms with Gasteiger partial charge in [0.2, 0.25) is 0 Å². The predicted octanol–water partition coefficient (Wildman–Crippen LogP) is -3.17. The van der Waals surface area contributed by atoms with Crippen molar-refractivity contribution in [2.24, 2.45) is 11.5 Å². The summed E-state index contributed by atoms with van der Waals surface area (Å²) in [5.74, 6) is 0. The fourth-order valence-electron chi connectivity index (χ4n) is 1.34. The largest absolute Gasteiger partial charge is 0.469 e. The van der Waals surface area contributed by atoms with Crippen molar-refractivity contribution < 1.29 is 33.8 Å².